The molecule has 0 unspecified atom stereocenters. The van der Waals surface area contributed by atoms with Gasteiger partial charge in [-0.25, -0.2) is 0 Å². The van der Waals surface area contributed by atoms with E-state index in [4.69, 9.17) is 0 Å². The standard InChI is InChI=1S/C45H31N/c1-45(2)39-14-7-6-13-37(39)44-43(45)38-27-33(21-26-40(38)46(44)34-22-17-29(18-23-34)28-9-4-3-5-10-28)35-24-19-32-16-15-30-11-8-12-31-20-25-36(35)42(32)41(30)31/h3-27H,1-2H3. The third kappa shape index (κ3) is 3.40. The van der Waals surface area contributed by atoms with Gasteiger partial charge in [0.05, 0.1) is 11.2 Å². The van der Waals surface area contributed by atoms with Crippen molar-refractivity contribution in [3.8, 4) is 39.2 Å². The molecule has 0 amide bonds. The maximum Gasteiger partial charge on any atom is 0.0584 e. The fourth-order valence-electron chi connectivity index (χ4n) is 8.40. The fourth-order valence-corrected chi connectivity index (χ4v) is 8.40. The first kappa shape index (κ1) is 25.6. The second-order valence-corrected chi connectivity index (χ2v) is 13.3. The van der Waals surface area contributed by atoms with Crippen molar-refractivity contribution >= 4 is 43.2 Å². The van der Waals surface area contributed by atoms with E-state index in [1.807, 2.05) is 0 Å². The zero-order valence-corrected chi connectivity index (χ0v) is 25.9. The molecule has 216 valence electrons. The summed E-state index contributed by atoms with van der Waals surface area (Å²) < 4.78 is 2.50. The van der Waals surface area contributed by atoms with E-state index in [0.29, 0.717) is 0 Å². The van der Waals surface area contributed by atoms with E-state index in [1.165, 1.54) is 93.5 Å². The molecule has 0 N–H and O–H groups in total. The summed E-state index contributed by atoms with van der Waals surface area (Å²) in [6.45, 7) is 4.78. The smallest absolute Gasteiger partial charge is 0.0584 e. The Hall–Kier alpha value is -5.66. The highest BCUT2D eigenvalue weighted by Crippen LogP contribution is 2.54. The van der Waals surface area contributed by atoms with E-state index in [9.17, 15) is 0 Å². The maximum absolute atomic E-state index is 2.50. The second kappa shape index (κ2) is 9.19. The van der Waals surface area contributed by atoms with Gasteiger partial charge < -0.3 is 4.57 Å². The minimum Gasteiger partial charge on any atom is -0.309 e. The molecule has 46 heavy (non-hydrogen) atoms. The summed E-state index contributed by atoms with van der Waals surface area (Å²) in [4.78, 5) is 0. The lowest BCUT2D eigenvalue weighted by molar-refractivity contribution is 0.666. The molecule has 1 aliphatic carbocycles. The highest BCUT2D eigenvalue weighted by atomic mass is 15.0. The van der Waals surface area contributed by atoms with Crippen LogP contribution in [0.2, 0.25) is 0 Å². The molecule has 0 radical (unpaired) electrons. The molecule has 1 nitrogen and oxygen atoms in total. The molecule has 1 aliphatic rings. The largest absolute Gasteiger partial charge is 0.309 e. The Bertz CT molecular complexity index is 2620. The number of aromatic nitrogens is 1. The summed E-state index contributed by atoms with van der Waals surface area (Å²) in [5, 5.41) is 9.27. The number of benzene rings is 8. The van der Waals surface area contributed by atoms with Crippen molar-refractivity contribution in [2.45, 2.75) is 19.3 Å². The topological polar surface area (TPSA) is 4.93 Å². The van der Waals surface area contributed by atoms with E-state index in [0.717, 1.165) is 0 Å². The van der Waals surface area contributed by atoms with Gasteiger partial charge in [-0.05, 0) is 90.0 Å². The first-order valence-electron chi connectivity index (χ1n) is 16.2. The zero-order valence-electron chi connectivity index (χ0n) is 25.9. The molecular formula is C45H31N. The number of hydrogen-bond acceptors (Lipinski definition) is 0. The van der Waals surface area contributed by atoms with Gasteiger partial charge in [-0.1, -0.05) is 141 Å². The van der Waals surface area contributed by atoms with Crippen molar-refractivity contribution in [1.82, 2.24) is 4.57 Å². The Morgan fingerprint density at radius 2 is 1.11 bits per heavy atom. The summed E-state index contributed by atoms with van der Waals surface area (Å²) in [6, 6.07) is 56.2. The summed E-state index contributed by atoms with van der Waals surface area (Å²) in [7, 11) is 0. The Labute approximate surface area is 268 Å². The zero-order chi connectivity index (χ0) is 30.6. The van der Waals surface area contributed by atoms with E-state index >= 15 is 0 Å². The Morgan fingerprint density at radius 1 is 0.457 bits per heavy atom. The van der Waals surface area contributed by atoms with Crippen LogP contribution in [0.25, 0.3) is 82.4 Å². The third-order valence-corrected chi connectivity index (χ3v) is 10.5. The highest BCUT2D eigenvalue weighted by molar-refractivity contribution is 6.25. The molecule has 1 aromatic heterocycles. The van der Waals surface area contributed by atoms with Crippen molar-refractivity contribution in [3.05, 3.63) is 163 Å². The number of hydrogen-bond donors (Lipinski definition) is 0. The first-order chi connectivity index (χ1) is 22.6. The molecule has 1 heterocycles. The van der Waals surface area contributed by atoms with Crippen molar-refractivity contribution in [1.29, 1.82) is 0 Å². The summed E-state index contributed by atoms with van der Waals surface area (Å²) in [5.74, 6) is 0. The predicted molar refractivity (Wildman–Crippen MR) is 195 cm³/mol. The molecule has 0 atom stereocenters. The van der Waals surface area contributed by atoms with E-state index in [1.54, 1.807) is 0 Å². The lowest BCUT2D eigenvalue weighted by atomic mass is 9.81. The minimum atomic E-state index is -0.124. The number of rotatable bonds is 3. The first-order valence-corrected chi connectivity index (χ1v) is 16.2. The molecule has 8 aromatic carbocycles. The molecule has 9 aromatic rings. The molecule has 0 spiro atoms. The second-order valence-electron chi connectivity index (χ2n) is 13.3. The van der Waals surface area contributed by atoms with E-state index in [-0.39, 0.29) is 5.41 Å². The van der Waals surface area contributed by atoms with Crippen LogP contribution >= 0.6 is 0 Å². The van der Waals surface area contributed by atoms with Crippen LogP contribution in [-0.2, 0) is 5.41 Å². The molecule has 1 heteroatoms. The SMILES string of the molecule is CC1(C)c2ccccc2-c2c1c1cc(-c3ccc4ccc5cccc6ccc3c4c56)ccc1n2-c1ccc(-c2ccccc2)cc1. The van der Waals surface area contributed by atoms with Crippen LogP contribution in [0.5, 0.6) is 0 Å². The van der Waals surface area contributed by atoms with Crippen molar-refractivity contribution in [2.24, 2.45) is 0 Å². The van der Waals surface area contributed by atoms with Crippen LogP contribution in [0.3, 0.4) is 0 Å². The lowest BCUT2D eigenvalue weighted by Gasteiger charge is -2.21. The fraction of sp³-hybridized carbons (Fsp3) is 0.0667. The van der Waals surface area contributed by atoms with Gasteiger partial charge >= 0.3 is 0 Å². The minimum absolute atomic E-state index is 0.124. The molecule has 10 rings (SSSR count). The normalized spacial score (nSPS) is 13.6. The van der Waals surface area contributed by atoms with Crippen molar-refractivity contribution < 1.29 is 0 Å². The van der Waals surface area contributed by atoms with E-state index in [2.05, 4.69) is 170 Å². The number of fused-ring (bicyclic) bond motifs is 5. The molecule has 0 aliphatic heterocycles. The quantitative estimate of drug-likeness (QED) is 0.182. The Balaban J connectivity index is 1.24. The van der Waals surface area contributed by atoms with Crippen LogP contribution in [0.1, 0.15) is 25.0 Å². The van der Waals surface area contributed by atoms with Crippen LogP contribution < -0.4 is 0 Å². The van der Waals surface area contributed by atoms with Crippen molar-refractivity contribution in [2.75, 3.05) is 0 Å². The molecule has 0 bridgehead atoms. The monoisotopic (exact) mass is 585 g/mol. The van der Waals surface area contributed by atoms with Crippen LogP contribution in [0.15, 0.2) is 152 Å². The lowest BCUT2D eigenvalue weighted by Crippen LogP contribution is -2.14. The van der Waals surface area contributed by atoms with Gasteiger partial charge in [-0.15, -0.1) is 0 Å². The van der Waals surface area contributed by atoms with Gasteiger partial charge in [0, 0.05) is 22.1 Å². The molecule has 0 saturated carbocycles. The average molecular weight is 586 g/mol. The molecule has 0 fully saturated rings. The van der Waals surface area contributed by atoms with Gasteiger partial charge in [0.1, 0.15) is 0 Å². The van der Waals surface area contributed by atoms with E-state index < -0.39 is 0 Å². The third-order valence-electron chi connectivity index (χ3n) is 10.5. The van der Waals surface area contributed by atoms with Gasteiger partial charge in [-0.2, -0.15) is 0 Å². The van der Waals surface area contributed by atoms with Crippen molar-refractivity contribution in [3.63, 3.8) is 0 Å². The van der Waals surface area contributed by atoms with Gasteiger partial charge in [0.2, 0.25) is 0 Å². The van der Waals surface area contributed by atoms with Gasteiger partial charge in [-0.3, -0.25) is 0 Å². The highest BCUT2D eigenvalue weighted by Gasteiger charge is 2.40. The summed E-state index contributed by atoms with van der Waals surface area (Å²) >= 11 is 0. The molecule has 0 saturated heterocycles. The maximum atomic E-state index is 2.50. The summed E-state index contributed by atoms with van der Waals surface area (Å²) in [5.41, 5.74) is 12.8. The van der Waals surface area contributed by atoms with Crippen LogP contribution in [0.4, 0.5) is 0 Å². The van der Waals surface area contributed by atoms with Crippen LogP contribution in [-0.4, -0.2) is 4.57 Å². The Morgan fingerprint density at radius 3 is 1.91 bits per heavy atom. The predicted octanol–water partition coefficient (Wildman–Crippen LogP) is 12.2. The van der Waals surface area contributed by atoms with Gasteiger partial charge in [0.25, 0.3) is 0 Å². The number of nitrogens with zero attached hydrogens (tertiary/aromatic N) is 1. The van der Waals surface area contributed by atoms with Gasteiger partial charge in [0.15, 0.2) is 0 Å². The van der Waals surface area contributed by atoms with Crippen LogP contribution in [0, 0.1) is 0 Å². The Kier molecular flexibility index (Phi) is 5.12. The molecular weight excluding hydrogens is 555 g/mol. The summed E-state index contributed by atoms with van der Waals surface area (Å²) in [6.07, 6.45) is 0. The average Bonchev–Trinajstić information content (AvgIpc) is 3.57.